The highest BCUT2D eigenvalue weighted by atomic mass is 15.3. The molecule has 0 aliphatic heterocycles. The van der Waals surface area contributed by atoms with Crippen molar-refractivity contribution in [2.75, 3.05) is 6.54 Å². The molecule has 0 aromatic carbocycles. The van der Waals surface area contributed by atoms with Gasteiger partial charge in [-0.1, -0.05) is 20.8 Å². The zero-order chi connectivity index (χ0) is 12.8. The molecule has 0 radical (unpaired) electrons. The number of aryl methyl sites for hydroxylation is 1. The lowest BCUT2D eigenvalue weighted by Crippen LogP contribution is -2.37. The molecule has 2 atom stereocenters. The average Bonchev–Trinajstić information content (AvgIpc) is 2.72. The lowest BCUT2D eigenvalue weighted by molar-refractivity contribution is 0.284. The lowest BCUT2D eigenvalue weighted by Gasteiger charge is -2.27. The van der Waals surface area contributed by atoms with Crippen molar-refractivity contribution in [2.45, 2.75) is 53.6 Å². The van der Waals surface area contributed by atoms with E-state index in [-0.39, 0.29) is 0 Å². The molecule has 0 aliphatic rings. The van der Waals surface area contributed by atoms with E-state index in [0.717, 1.165) is 25.3 Å². The summed E-state index contributed by atoms with van der Waals surface area (Å²) in [5.41, 5.74) is 0. The van der Waals surface area contributed by atoms with Gasteiger partial charge in [0, 0.05) is 19.0 Å². The van der Waals surface area contributed by atoms with Crippen molar-refractivity contribution in [3.63, 3.8) is 0 Å². The third kappa shape index (κ3) is 3.80. The van der Waals surface area contributed by atoms with Gasteiger partial charge in [-0.25, -0.2) is 4.98 Å². The number of nitrogens with zero attached hydrogens (tertiary/aromatic N) is 3. The molecule has 4 nitrogen and oxygen atoms in total. The van der Waals surface area contributed by atoms with Crippen molar-refractivity contribution in [1.82, 2.24) is 20.1 Å². The standard InChI is InChI=1S/C13H26N4/c1-6-14-11(5)12(10(3)4)8-13-15-9-16-17(13)7-2/h9-12,14H,6-8H2,1-5H3. The molecule has 1 heterocycles. The summed E-state index contributed by atoms with van der Waals surface area (Å²) >= 11 is 0. The van der Waals surface area contributed by atoms with E-state index < -0.39 is 0 Å². The summed E-state index contributed by atoms with van der Waals surface area (Å²) in [5.74, 6) is 2.35. The Morgan fingerprint density at radius 3 is 2.53 bits per heavy atom. The Kier molecular flexibility index (Phi) is 5.62. The van der Waals surface area contributed by atoms with Crippen LogP contribution in [0.3, 0.4) is 0 Å². The van der Waals surface area contributed by atoms with Gasteiger partial charge in [-0.05, 0) is 32.2 Å². The summed E-state index contributed by atoms with van der Waals surface area (Å²) in [5, 5.41) is 7.76. The van der Waals surface area contributed by atoms with Gasteiger partial charge in [-0.3, -0.25) is 4.68 Å². The fourth-order valence-corrected chi connectivity index (χ4v) is 2.38. The van der Waals surface area contributed by atoms with Crippen molar-refractivity contribution < 1.29 is 0 Å². The SMILES string of the molecule is CCNC(C)C(Cc1ncnn1CC)C(C)C. The van der Waals surface area contributed by atoms with E-state index in [4.69, 9.17) is 0 Å². The predicted molar refractivity (Wildman–Crippen MR) is 70.9 cm³/mol. The van der Waals surface area contributed by atoms with Gasteiger partial charge >= 0.3 is 0 Å². The van der Waals surface area contributed by atoms with Gasteiger partial charge in [0.2, 0.25) is 0 Å². The number of hydrogen-bond acceptors (Lipinski definition) is 3. The Hall–Kier alpha value is -0.900. The Morgan fingerprint density at radius 2 is 2.00 bits per heavy atom. The molecule has 0 bridgehead atoms. The van der Waals surface area contributed by atoms with Crippen molar-refractivity contribution in [1.29, 1.82) is 0 Å². The van der Waals surface area contributed by atoms with Crippen LogP contribution in [0.2, 0.25) is 0 Å². The van der Waals surface area contributed by atoms with Gasteiger partial charge in [-0.15, -0.1) is 0 Å². The van der Waals surface area contributed by atoms with Crippen LogP contribution in [0.25, 0.3) is 0 Å². The summed E-state index contributed by atoms with van der Waals surface area (Å²) in [6.45, 7) is 13.0. The van der Waals surface area contributed by atoms with Gasteiger partial charge in [-0.2, -0.15) is 5.10 Å². The molecule has 98 valence electrons. The van der Waals surface area contributed by atoms with E-state index in [2.05, 4.69) is 50.0 Å². The first-order valence-corrected chi connectivity index (χ1v) is 6.70. The topological polar surface area (TPSA) is 42.7 Å². The molecule has 17 heavy (non-hydrogen) atoms. The number of aromatic nitrogens is 3. The van der Waals surface area contributed by atoms with E-state index >= 15 is 0 Å². The van der Waals surface area contributed by atoms with Gasteiger partial charge in [0.25, 0.3) is 0 Å². The van der Waals surface area contributed by atoms with Crippen LogP contribution >= 0.6 is 0 Å². The van der Waals surface area contributed by atoms with Gasteiger partial charge in [0.15, 0.2) is 0 Å². The van der Waals surface area contributed by atoms with E-state index in [1.807, 2.05) is 4.68 Å². The van der Waals surface area contributed by atoms with E-state index in [1.54, 1.807) is 6.33 Å². The third-order valence-corrected chi connectivity index (χ3v) is 3.44. The maximum absolute atomic E-state index is 4.38. The highest BCUT2D eigenvalue weighted by molar-refractivity contribution is 4.91. The summed E-state index contributed by atoms with van der Waals surface area (Å²) in [7, 11) is 0. The Labute approximate surface area is 105 Å². The third-order valence-electron chi connectivity index (χ3n) is 3.44. The van der Waals surface area contributed by atoms with Crippen molar-refractivity contribution in [3.8, 4) is 0 Å². The quantitative estimate of drug-likeness (QED) is 0.791. The van der Waals surface area contributed by atoms with Crippen LogP contribution in [-0.2, 0) is 13.0 Å². The fraction of sp³-hybridized carbons (Fsp3) is 0.846. The maximum Gasteiger partial charge on any atom is 0.138 e. The molecule has 0 spiro atoms. The highest BCUT2D eigenvalue weighted by Crippen LogP contribution is 2.20. The van der Waals surface area contributed by atoms with Gasteiger partial charge in [0.05, 0.1) is 0 Å². The molecule has 2 unspecified atom stereocenters. The predicted octanol–water partition coefficient (Wildman–Crippen LogP) is 2.11. The van der Waals surface area contributed by atoms with E-state index in [9.17, 15) is 0 Å². The summed E-state index contributed by atoms with van der Waals surface area (Å²) in [6, 6.07) is 0.516. The highest BCUT2D eigenvalue weighted by Gasteiger charge is 2.22. The first kappa shape index (κ1) is 14.2. The average molecular weight is 238 g/mol. The van der Waals surface area contributed by atoms with Crippen molar-refractivity contribution in [2.24, 2.45) is 11.8 Å². The van der Waals surface area contributed by atoms with Crippen molar-refractivity contribution >= 4 is 0 Å². The number of hydrogen-bond donors (Lipinski definition) is 1. The zero-order valence-electron chi connectivity index (χ0n) is 11.8. The monoisotopic (exact) mass is 238 g/mol. The van der Waals surface area contributed by atoms with Gasteiger partial charge in [0.1, 0.15) is 12.2 Å². The molecule has 0 aliphatic carbocycles. The normalized spacial score (nSPS) is 15.2. The summed E-state index contributed by atoms with van der Waals surface area (Å²) < 4.78 is 1.99. The summed E-state index contributed by atoms with van der Waals surface area (Å²) in [4.78, 5) is 4.38. The van der Waals surface area contributed by atoms with Crippen LogP contribution in [-0.4, -0.2) is 27.4 Å². The Balaban J connectivity index is 2.73. The van der Waals surface area contributed by atoms with Crippen LogP contribution in [0, 0.1) is 11.8 Å². The molecule has 0 amide bonds. The lowest BCUT2D eigenvalue weighted by atomic mass is 9.86. The molecular weight excluding hydrogens is 212 g/mol. The second kappa shape index (κ2) is 6.74. The first-order valence-electron chi connectivity index (χ1n) is 6.70. The molecule has 1 rings (SSSR count). The van der Waals surface area contributed by atoms with E-state index in [0.29, 0.717) is 17.9 Å². The first-order chi connectivity index (χ1) is 8.10. The van der Waals surface area contributed by atoms with Crippen LogP contribution in [0.5, 0.6) is 0 Å². The molecule has 0 saturated carbocycles. The van der Waals surface area contributed by atoms with Crippen LogP contribution in [0.15, 0.2) is 6.33 Å². The van der Waals surface area contributed by atoms with Crippen LogP contribution in [0.1, 0.15) is 40.4 Å². The molecule has 4 heteroatoms. The zero-order valence-corrected chi connectivity index (χ0v) is 11.8. The van der Waals surface area contributed by atoms with Gasteiger partial charge < -0.3 is 5.32 Å². The second-order valence-corrected chi connectivity index (χ2v) is 4.95. The smallest absolute Gasteiger partial charge is 0.138 e. The number of nitrogens with one attached hydrogen (secondary N) is 1. The molecule has 1 aromatic heterocycles. The minimum atomic E-state index is 0.516. The summed E-state index contributed by atoms with van der Waals surface area (Å²) in [6.07, 6.45) is 2.66. The molecule has 1 aromatic rings. The molecule has 0 fully saturated rings. The molecular formula is C13H26N4. The minimum absolute atomic E-state index is 0.516. The maximum atomic E-state index is 4.38. The van der Waals surface area contributed by atoms with Crippen LogP contribution in [0.4, 0.5) is 0 Å². The number of rotatable bonds is 7. The Bertz CT molecular complexity index is 319. The van der Waals surface area contributed by atoms with E-state index in [1.165, 1.54) is 0 Å². The minimum Gasteiger partial charge on any atom is -0.314 e. The van der Waals surface area contributed by atoms with Crippen molar-refractivity contribution in [3.05, 3.63) is 12.2 Å². The fourth-order valence-electron chi connectivity index (χ4n) is 2.38. The molecule has 1 N–H and O–H groups in total. The second-order valence-electron chi connectivity index (χ2n) is 4.95. The van der Waals surface area contributed by atoms with Crippen LogP contribution < -0.4 is 5.32 Å². The molecule has 0 saturated heterocycles. The Morgan fingerprint density at radius 1 is 1.29 bits per heavy atom. The largest absolute Gasteiger partial charge is 0.314 e.